The Bertz CT molecular complexity index is 613. The van der Waals surface area contributed by atoms with E-state index < -0.39 is 11.9 Å². The number of carboxylic acid groups (broad SMARTS) is 1. The second-order valence-electron chi connectivity index (χ2n) is 4.04. The molecule has 1 unspecified atom stereocenters. The molecule has 1 aliphatic heterocycles. The summed E-state index contributed by atoms with van der Waals surface area (Å²) in [7, 11) is 0. The first-order valence-corrected chi connectivity index (χ1v) is 5.24. The average molecular weight is 213 g/mol. The van der Waals surface area contributed by atoms with Crippen molar-refractivity contribution < 1.29 is 9.90 Å². The molecule has 0 radical (unpaired) electrons. The van der Waals surface area contributed by atoms with Crippen LogP contribution in [0.5, 0.6) is 0 Å². The van der Waals surface area contributed by atoms with E-state index in [0.29, 0.717) is 0 Å². The molecule has 16 heavy (non-hydrogen) atoms. The van der Waals surface area contributed by atoms with Crippen molar-refractivity contribution in [3.05, 3.63) is 46.4 Å². The smallest absolute Gasteiger partial charge is 0.314 e. The molecule has 0 amide bonds. The Hall–Kier alpha value is -2.03. The third-order valence-corrected chi connectivity index (χ3v) is 3.09. The highest BCUT2D eigenvalue weighted by atomic mass is 16.4. The molecule has 2 aliphatic rings. The van der Waals surface area contributed by atoms with E-state index in [0.717, 1.165) is 22.5 Å². The first-order valence-electron chi connectivity index (χ1n) is 5.24. The average Bonchev–Trinajstić information content (AvgIpc) is 2.30. The van der Waals surface area contributed by atoms with Gasteiger partial charge in [-0.15, -0.1) is 0 Å². The molecule has 1 aromatic rings. The number of benzene rings is 1. The summed E-state index contributed by atoms with van der Waals surface area (Å²) < 4.78 is 0. The summed E-state index contributed by atoms with van der Waals surface area (Å²) in [4.78, 5) is 11.2. The van der Waals surface area contributed by atoms with Crippen molar-refractivity contribution in [1.82, 2.24) is 5.32 Å². The van der Waals surface area contributed by atoms with Crippen molar-refractivity contribution in [2.75, 3.05) is 6.54 Å². The monoisotopic (exact) mass is 213 g/mol. The van der Waals surface area contributed by atoms with Gasteiger partial charge >= 0.3 is 5.97 Å². The normalized spacial score (nSPS) is 20.8. The van der Waals surface area contributed by atoms with Crippen LogP contribution in [-0.2, 0) is 4.79 Å². The van der Waals surface area contributed by atoms with E-state index in [-0.39, 0.29) is 0 Å². The van der Waals surface area contributed by atoms with Gasteiger partial charge in [-0.3, -0.25) is 4.79 Å². The van der Waals surface area contributed by atoms with E-state index in [1.165, 1.54) is 5.57 Å². The zero-order chi connectivity index (χ0) is 11.1. The number of hydrogen-bond acceptors (Lipinski definition) is 2. The van der Waals surface area contributed by atoms with E-state index in [2.05, 4.69) is 5.32 Å². The zero-order valence-corrected chi connectivity index (χ0v) is 8.60. The first-order chi connectivity index (χ1) is 7.77. The van der Waals surface area contributed by atoms with Crippen LogP contribution in [0.25, 0.3) is 11.8 Å². The van der Waals surface area contributed by atoms with Crippen molar-refractivity contribution in [2.24, 2.45) is 0 Å². The Morgan fingerprint density at radius 2 is 2.31 bits per heavy atom. The summed E-state index contributed by atoms with van der Waals surface area (Å²) in [6.45, 7) is 0.771. The summed E-state index contributed by atoms with van der Waals surface area (Å²) in [5.41, 5.74) is 2.07. The number of aliphatic carboxylic acids is 1. The van der Waals surface area contributed by atoms with Crippen molar-refractivity contribution in [1.29, 1.82) is 0 Å². The lowest BCUT2D eigenvalue weighted by Crippen LogP contribution is -2.41. The fourth-order valence-corrected chi connectivity index (χ4v) is 2.37. The molecule has 3 heteroatoms. The maximum Gasteiger partial charge on any atom is 0.314 e. The van der Waals surface area contributed by atoms with Crippen LogP contribution < -0.4 is 15.8 Å². The van der Waals surface area contributed by atoms with Gasteiger partial charge in [0.1, 0.15) is 5.92 Å². The van der Waals surface area contributed by atoms with Crippen molar-refractivity contribution >= 4 is 17.7 Å². The summed E-state index contributed by atoms with van der Waals surface area (Å²) in [6.07, 6.45) is 5.63. The lowest BCUT2D eigenvalue weighted by atomic mass is 9.88. The Labute approximate surface area is 92.4 Å². The molecule has 0 bridgehead atoms. The summed E-state index contributed by atoms with van der Waals surface area (Å²) in [5.74, 6) is -1.30. The molecule has 0 saturated heterocycles. The van der Waals surface area contributed by atoms with Gasteiger partial charge in [0.25, 0.3) is 0 Å². The zero-order valence-electron chi connectivity index (χ0n) is 8.60. The van der Waals surface area contributed by atoms with Crippen LogP contribution >= 0.6 is 0 Å². The van der Waals surface area contributed by atoms with Crippen LogP contribution in [0.2, 0.25) is 0 Å². The molecular formula is C13H11NO2. The second-order valence-corrected chi connectivity index (χ2v) is 4.04. The molecule has 0 spiro atoms. The van der Waals surface area contributed by atoms with Gasteiger partial charge < -0.3 is 10.4 Å². The molecule has 0 saturated carbocycles. The van der Waals surface area contributed by atoms with E-state index in [1.54, 1.807) is 6.08 Å². The van der Waals surface area contributed by atoms with Gasteiger partial charge in [0.2, 0.25) is 0 Å². The van der Waals surface area contributed by atoms with Crippen LogP contribution in [0.1, 0.15) is 11.5 Å². The molecule has 3 rings (SSSR count). The standard InChI is InChI=1S/C13H11NO2/c15-13(16)11-5-4-9-7-14-6-8-2-1-3-10(11)12(8)9/h1-6,11,14H,7H2,(H,15,16). The predicted molar refractivity (Wildman–Crippen MR) is 61.1 cm³/mol. The maximum absolute atomic E-state index is 11.2. The van der Waals surface area contributed by atoms with Crippen LogP contribution in [0.15, 0.2) is 30.4 Å². The minimum atomic E-state index is -0.790. The quantitative estimate of drug-likeness (QED) is 0.686. The van der Waals surface area contributed by atoms with E-state index in [4.69, 9.17) is 5.11 Å². The van der Waals surface area contributed by atoms with Crippen molar-refractivity contribution in [2.45, 2.75) is 5.92 Å². The fourth-order valence-electron chi connectivity index (χ4n) is 2.37. The van der Waals surface area contributed by atoms with E-state index in [9.17, 15) is 4.79 Å². The molecular weight excluding hydrogens is 202 g/mol. The number of carboxylic acids is 1. The second kappa shape index (κ2) is 3.23. The van der Waals surface area contributed by atoms with Gasteiger partial charge in [-0.1, -0.05) is 30.4 Å². The summed E-state index contributed by atoms with van der Waals surface area (Å²) in [6, 6.07) is 5.81. The largest absolute Gasteiger partial charge is 0.481 e. The molecule has 2 N–H and O–H groups in total. The Kier molecular flexibility index (Phi) is 1.86. The summed E-state index contributed by atoms with van der Waals surface area (Å²) in [5, 5.41) is 14.5. The van der Waals surface area contributed by atoms with Crippen LogP contribution in [0.4, 0.5) is 0 Å². The molecule has 1 aromatic carbocycles. The maximum atomic E-state index is 11.2. The third-order valence-electron chi connectivity index (χ3n) is 3.09. The molecule has 1 aliphatic carbocycles. The highest BCUT2D eigenvalue weighted by Gasteiger charge is 2.22. The van der Waals surface area contributed by atoms with Gasteiger partial charge in [0.05, 0.1) is 0 Å². The van der Waals surface area contributed by atoms with E-state index >= 15 is 0 Å². The predicted octanol–water partition coefficient (Wildman–Crippen LogP) is -0.0835. The van der Waals surface area contributed by atoms with Crippen molar-refractivity contribution in [3.63, 3.8) is 0 Å². The van der Waals surface area contributed by atoms with Crippen molar-refractivity contribution in [3.8, 4) is 0 Å². The molecule has 3 nitrogen and oxygen atoms in total. The van der Waals surface area contributed by atoms with Gasteiger partial charge in [-0.2, -0.15) is 0 Å². The Morgan fingerprint density at radius 3 is 3.12 bits per heavy atom. The topological polar surface area (TPSA) is 49.3 Å². The van der Waals surface area contributed by atoms with Gasteiger partial charge in [0.15, 0.2) is 0 Å². The number of hydrogen-bond donors (Lipinski definition) is 2. The number of rotatable bonds is 1. The number of nitrogens with one attached hydrogen (secondary N) is 1. The Balaban J connectivity index is 2.40. The molecule has 0 aromatic heterocycles. The fraction of sp³-hybridized carbons (Fsp3) is 0.154. The lowest BCUT2D eigenvalue weighted by molar-refractivity contribution is -0.137. The molecule has 80 valence electrons. The van der Waals surface area contributed by atoms with Gasteiger partial charge in [-0.05, 0) is 21.6 Å². The third kappa shape index (κ3) is 1.18. The highest BCUT2D eigenvalue weighted by molar-refractivity contribution is 5.82. The molecule has 0 fully saturated rings. The molecule has 1 atom stereocenters. The van der Waals surface area contributed by atoms with Gasteiger partial charge in [-0.25, -0.2) is 0 Å². The highest BCUT2D eigenvalue weighted by Crippen LogP contribution is 2.19. The van der Waals surface area contributed by atoms with Crippen LogP contribution in [0, 0.1) is 0 Å². The molecule has 1 heterocycles. The Morgan fingerprint density at radius 1 is 1.44 bits per heavy atom. The number of carbonyl (C=O) groups is 1. The minimum absolute atomic E-state index is 0.509. The summed E-state index contributed by atoms with van der Waals surface area (Å²) >= 11 is 0. The van der Waals surface area contributed by atoms with E-state index in [1.807, 2.05) is 30.5 Å². The van der Waals surface area contributed by atoms with Crippen LogP contribution in [-0.4, -0.2) is 17.6 Å². The SMILES string of the molecule is O=C(O)C1C=CC2=c3c1cccc3=CNC2. The first kappa shape index (κ1) is 9.21. The van der Waals surface area contributed by atoms with Gasteiger partial charge in [0, 0.05) is 12.7 Å². The lowest BCUT2D eigenvalue weighted by Gasteiger charge is -2.19. The minimum Gasteiger partial charge on any atom is -0.481 e. The van der Waals surface area contributed by atoms with Crippen LogP contribution in [0.3, 0.4) is 0 Å².